The predicted molar refractivity (Wildman–Crippen MR) is 29.5 cm³/mol. The van der Waals surface area contributed by atoms with Crippen LogP contribution in [0.2, 0.25) is 0 Å². The van der Waals surface area contributed by atoms with Gasteiger partial charge in [0.2, 0.25) is 0 Å². The molecule has 1 atom stereocenters. The van der Waals surface area contributed by atoms with Crippen molar-refractivity contribution in [1.29, 1.82) is 0 Å². The number of aliphatic hydroxyl groups excluding tert-OH is 2. The summed E-state index contributed by atoms with van der Waals surface area (Å²) >= 11 is 0. The van der Waals surface area contributed by atoms with E-state index in [0.717, 1.165) is 18.2 Å². The van der Waals surface area contributed by atoms with E-state index in [9.17, 15) is 4.39 Å². The number of hydrogen-bond donors (Lipinski definition) is 2. The first kappa shape index (κ1) is 9.80. The Labute approximate surface area is 70.2 Å². The van der Waals surface area contributed by atoms with Gasteiger partial charge in [-0.25, -0.2) is 4.39 Å². The third kappa shape index (κ3) is 2.20. The first-order valence-electron chi connectivity index (χ1n) is 2.49. The fourth-order valence-corrected chi connectivity index (χ4v) is 0.555. The van der Waals surface area contributed by atoms with E-state index in [4.69, 9.17) is 10.2 Å². The smallest absolute Gasteiger partial charge is 0.452 e. The predicted octanol–water partition coefficient (Wildman–Crippen LogP) is -2.32. The van der Waals surface area contributed by atoms with Crippen LogP contribution in [-0.4, -0.2) is 16.3 Å². The van der Waals surface area contributed by atoms with E-state index in [0.29, 0.717) is 0 Å². The second kappa shape index (κ2) is 3.84. The van der Waals surface area contributed by atoms with E-state index in [1.807, 2.05) is 0 Å². The zero-order valence-electron chi connectivity index (χ0n) is 5.58. The summed E-state index contributed by atoms with van der Waals surface area (Å²) in [6.45, 7) is 0. The van der Waals surface area contributed by atoms with Gasteiger partial charge in [-0.3, -0.25) is 0 Å². The van der Waals surface area contributed by atoms with E-state index in [1.165, 1.54) is 0 Å². The van der Waals surface area contributed by atoms with Crippen molar-refractivity contribution in [2.45, 2.75) is 6.10 Å². The molecule has 0 aliphatic heterocycles. The molecule has 2 nitrogen and oxygen atoms in total. The van der Waals surface area contributed by atoms with Crippen LogP contribution in [-0.2, 0) is 0 Å². The Kier molecular flexibility index (Phi) is 3.77. The Morgan fingerprint density at radius 2 is 2.20 bits per heavy atom. The Bertz CT molecular complexity index is 167. The van der Waals surface area contributed by atoms with Gasteiger partial charge in [-0.2, -0.15) is 12.2 Å². The summed E-state index contributed by atoms with van der Waals surface area (Å²) in [6, 6.07) is 0. The third-order valence-corrected chi connectivity index (χ3v) is 1.03. The minimum absolute atomic E-state index is 0. The fraction of sp³-hybridized carbons (Fsp3) is 0.167. The van der Waals surface area contributed by atoms with Gasteiger partial charge in [-0.15, -0.1) is 0 Å². The summed E-state index contributed by atoms with van der Waals surface area (Å²) in [6.07, 6.45) is 1.74. The molecule has 0 fully saturated rings. The van der Waals surface area contributed by atoms with Crippen molar-refractivity contribution in [3.63, 3.8) is 0 Å². The molecule has 1 unspecified atom stereocenters. The zero-order chi connectivity index (χ0) is 6.85. The van der Waals surface area contributed by atoms with E-state index >= 15 is 0 Å². The van der Waals surface area contributed by atoms with Gasteiger partial charge in [0.1, 0.15) is 0 Å². The van der Waals surface area contributed by atoms with E-state index < -0.39 is 11.9 Å². The second-order valence-electron chi connectivity index (χ2n) is 1.75. The van der Waals surface area contributed by atoms with Gasteiger partial charge in [0, 0.05) is 5.83 Å². The van der Waals surface area contributed by atoms with Crippen LogP contribution in [0.3, 0.4) is 0 Å². The molecule has 50 valence electrons. The quantitative estimate of drug-likeness (QED) is 0.290. The van der Waals surface area contributed by atoms with Gasteiger partial charge in [0.15, 0.2) is 0 Å². The summed E-state index contributed by atoms with van der Waals surface area (Å²) in [7, 11) is 0. The first-order valence-corrected chi connectivity index (χ1v) is 2.49. The van der Waals surface area contributed by atoms with Gasteiger partial charge >= 0.3 is 18.9 Å². The summed E-state index contributed by atoms with van der Waals surface area (Å²) in [5.74, 6) is -0.528. The summed E-state index contributed by atoms with van der Waals surface area (Å²) in [5.41, 5.74) is 0. The molecule has 10 heavy (non-hydrogen) atoms. The Morgan fingerprint density at radius 3 is 2.60 bits per heavy atom. The molecule has 0 radical (unpaired) electrons. The number of halogens is 1. The van der Waals surface area contributed by atoms with E-state index in [-0.39, 0.29) is 25.0 Å². The molecule has 0 heterocycles. The summed E-state index contributed by atoms with van der Waals surface area (Å²) in [4.78, 5) is 0. The molecular weight excluding hydrogens is 130 g/mol. The minimum atomic E-state index is -1.17. The van der Waals surface area contributed by atoms with Crippen LogP contribution < -0.4 is 18.9 Å². The standard InChI is InChI=1S/C6H6FO2.Li/c7-4-1-2-5(8)6(9)3-4;/h1-3,6,8-9H;/q-1;+1. The van der Waals surface area contributed by atoms with Crippen LogP contribution in [0, 0.1) is 6.10 Å². The van der Waals surface area contributed by atoms with Crippen LogP contribution in [0.4, 0.5) is 4.39 Å². The van der Waals surface area contributed by atoms with Gasteiger partial charge in [-0.1, -0.05) is 6.10 Å². The monoisotopic (exact) mass is 136 g/mol. The Morgan fingerprint density at radius 1 is 1.60 bits per heavy atom. The topological polar surface area (TPSA) is 40.5 Å². The minimum Gasteiger partial charge on any atom is -0.452 e. The van der Waals surface area contributed by atoms with Crippen LogP contribution in [0.15, 0.2) is 24.1 Å². The van der Waals surface area contributed by atoms with Crippen molar-refractivity contribution >= 4 is 0 Å². The van der Waals surface area contributed by atoms with Crippen molar-refractivity contribution in [3.8, 4) is 0 Å². The number of hydrogen-bond acceptors (Lipinski definition) is 2. The molecule has 0 saturated heterocycles. The molecule has 0 aromatic rings. The third-order valence-electron chi connectivity index (χ3n) is 1.03. The molecule has 1 aliphatic carbocycles. The number of rotatable bonds is 0. The van der Waals surface area contributed by atoms with Crippen molar-refractivity contribution in [3.05, 3.63) is 30.2 Å². The molecule has 0 amide bonds. The Balaban J connectivity index is 0.000000810. The SMILES string of the molecule is O[C-]1C=CC(F)=CC1O.[Li+]. The molecule has 2 N–H and O–H groups in total. The van der Waals surface area contributed by atoms with Crippen molar-refractivity contribution in [2.75, 3.05) is 0 Å². The summed E-state index contributed by atoms with van der Waals surface area (Å²) < 4.78 is 12.1. The molecular formula is C6H6FLiO2. The Hall–Kier alpha value is -0.203. The van der Waals surface area contributed by atoms with E-state index in [2.05, 4.69) is 0 Å². The summed E-state index contributed by atoms with van der Waals surface area (Å²) in [5, 5.41) is 17.4. The molecule has 0 saturated carbocycles. The molecule has 0 bridgehead atoms. The maximum Gasteiger partial charge on any atom is 1.00 e. The van der Waals surface area contributed by atoms with Crippen molar-refractivity contribution < 1.29 is 33.5 Å². The largest absolute Gasteiger partial charge is 1.00 e. The molecule has 4 heteroatoms. The molecule has 1 rings (SSSR count). The van der Waals surface area contributed by atoms with Crippen molar-refractivity contribution in [1.82, 2.24) is 0 Å². The number of aliphatic hydroxyl groups is 2. The average Bonchev–Trinajstić information content (AvgIpc) is 1.80. The van der Waals surface area contributed by atoms with Gasteiger partial charge in [-0.05, 0) is 6.08 Å². The average molecular weight is 136 g/mol. The number of allylic oxidation sites excluding steroid dienone is 2. The van der Waals surface area contributed by atoms with Gasteiger partial charge in [0.25, 0.3) is 0 Å². The van der Waals surface area contributed by atoms with Crippen LogP contribution in [0.5, 0.6) is 0 Å². The molecule has 0 aromatic heterocycles. The maximum absolute atomic E-state index is 12.1. The molecule has 0 spiro atoms. The van der Waals surface area contributed by atoms with Crippen molar-refractivity contribution in [2.24, 2.45) is 0 Å². The van der Waals surface area contributed by atoms with Gasteiger partial charge in [0.05, 0.1) is 6.10 Å². The normalized spacial score (nSPS) is 23.7. The second-order valence-corrected chi connectivity index (χ2v) is 1.75. The van der Waals surface area contributed by atoms with E-state index in [1.54, 1.807) is 0 Å². The van der Waals surface area contributed by atoms with Gasteiger partial charge < -0.3 is 10.2 Å². The molecule has 0 aromatic carbocycles. The zero-order valence-corrected chi connectivity index (χ0v) is 5.58. The van der Waals surface area contributed by atoms with Crippen LogP contribution in [0.1, 0.15) is 0 Å². The maximum atomic E-state index is 12.1. The fourth-order valence-electron chi connectivity index (χ4n) is 0.555. The van der Waals surface area contributed by atoms with Crippen LogP contribution >= 0.6 is 0 Å². The van der Waals surface area contributed by atoms with Crippen LogP contribution in [0.25, 0.3) is 0 Å². The molecule has 1 aliphatic rings. The first-order chi connectivity index (χ1) is 4.20.